The Kier molecular flexibility index (Phi) is 6.10. The summed E-state index contributed by atoms with van der Waals surface area (Å²) in [5.74, 6) is -0.0696. The lowest BCUT2D eigenvalue weighted by Gasteiger charge is -2.11. The van der Waals surface area contributed by atoms with Gasteiger partial charge in [0.1, 0.15) is 0 Å². The smallest absolute Gasteiger partial charge is 0.226 e. The minimum absolute atomic E-state index is 0.0696. The first-order chi connectivity index (χ1) is 10.6. The number of hydrogen-bond donors (Lipinski definition) is 2. The molecule has 1 amide bonds. The van der Waals surface area contributed by atoms with Gasteiger partial charge in [0.25, 0.3) is 0 Å². The molecule has 0 aromatic heterocycles. The number of benzene rings is 2. The summed E-state index contributed by atoms with van der Waals surface area (Å²) in [6.45, 7) is 2.68. The molecule has 2 rings (SSSR count). The molecule has 0 spiro atoms. The van der Waals surface area contributed by atoms with Gasteiger partial charge < -0.3 is 10.6 Å². The summed E-state index contributed by atoms with van der Waals surface area (Å²) >= 11 is 11.8. The van der Waals surface area contributed by atoms with Crippen LogP contribution in [-0.4, -0.2) is 12.5 Å². The topological polar surface area (TPSA) is 41.1 Å². The number of carbonyl (C=O) groups excluding carboxylic acids is 1. The lowest BCUT2D eigenvalue weighted by molar-refractivity contribution is -0.115. The first-order valence-corrected chi connectivity index (χ1v) is 7.92. The zero-order valence-corrected chi connectivity index (χ0v) is 13.8. The number of nitrogens with one attached hydrogen (secondary N) is 2. The maximum absolute atomic E-state index is 11.9. The Morgan fingerprint density at radius 2 is 1.86 bits per heavy atom. The van der Waals surface area contributed by atoms with Crippen LogP contribution in [0.3, 0.4) is 0 Å². The van der Waals surface area contributed by atoms with Crippen LogP contribution in [0.15, 0.2) is 42.5 Å². The van der Waals surface area contributed by atoms with Gasteiger partial charge in [-0.3, -0.25) is 4.79 Å². The van der Waals surface area contributed by atoms with Crippen LogP contribution in [0.2, 0.25) is 10.0 Å². The molecule has 0 fully saturated rings. The highest BCUT2D eigenvalue weighted by Gasteiger charge is 2.05. The Hall–Kier alpha value is -1.71. The molecule has 116 valence electrons. The second-order valence-electron chi connectivity index (χ2n) is 4.86. The quantitative estimate of drug-likeness (QED) is 0.779. The van der Waals surface area contributed by atoms with Crippen LogP contribution >= 0.6 is 23.2 Å². The van der Waals surface area contributed by atoms with Gasteiger partial charge in [-0.1, -0.05) is 48.3 Å². The summed E-state index contributed by atoms with van der Waals surface area (Å²) in [6.07, 6.45) is 1.33. The fraction of sp³-hybridized carbons (Fsp3) is 0.235. The Bertz CT molecular complexity index is 659. The molecule has 0 unspecified atom stereocenters. The van der Waals surface area contributed by atoms with Gasteiger partial charge in [-0.2, -0.15) is 0 Å². The number of amides is 1. The molecule has 22 heavy (non-hydrogen) atoms. The second kappa shape index (κ2) is 8.06. The molecule has 0 aliphatic rings. The molecular formula is C17H18Cl2N2O. The minimum atomic E-state index is -0.0696. The van der Waals surface area contributed by atoms with Crippen LogP contribution in [0.1, 0.15) is 18.9 Å². The zero-order valence-electron chi connectivity index (χ0n) is 12.3. The van der Waals surface area contributed by atoms with Crippen LogP contribution in [0, 0.1) is 0 Å². The number of aryl methyl sites for hydroxylation is 1. The summed E-state index contributed by atoms with van der Waals surface area (Å²) in [5.41, 5.74) is 2.97. The average molecular weight is 337 g/mol. The molecule has 0 aliphatic heterocycles. The van der Waals surface area contributed by atoms with E-state index in [0.717, 1.165) is 12.1 Å². The predicted molar refractivity (Wildman–Crippen MR) is 94.0 cm³/mol. The molecule has 2 aromatic carbocycles. The minimum Gasteiger partial charge on any atom is -0.384 e. The second-order valence-corrected chi connectivity index (χ2v) is 5.68. The van der Waals surface area contributed by atoms with Crippen molar-refractivity contribution in [2.75, 3.05) is 17.2 Å². The van der Waals surface area contributed by atoms with E-state index in [0.29, 0.717) is 28.7 Å². The van der Waals surface area contributed by atoms with Crippen molar-refractivity contribution in [3.63, 3.8) is 0 Å². The highest BCUT2D eigenvalue weighted by atomic mass is 35.5. The van der Waals surface area contributed by atoms with Crippen LogP contribution < -0.4 is 10.6 Å². The Balaban J connectivity index is 1.84. The van der Waals surface area contributed by atoms with E-state index in [1.807, 2.05) is 18.2 Å². The van der Waals surface area contributed by atoms with Crippen molar-refractivity contribution < 1.29 is 4.79 Å². The van der Waals surface area contributed by atoms with Gasteiger partial charge in [-0.05, 0) is 36.2 Å². The largest absolute Gasteiger partial charge is 0.384 e. The number of carbonyl (C=O) groups is 1. The highest BCUT2D eigenvalue weighted by molar-refractivity contribution is 6.42. The van der Waals surface area contributed by atoms with Gasteiger partial charge >= 0.3 is 0 Å². The van der Waals surface area contributed by atoms with Crippen molar-refractivity contribution in [1.82, 2.24) is 0 Å². The van der Waals surface area contributed by atoms with Gasteiger partial charge in [0.15, 0.2) is 0 Å². The fourth-order valence-electron chi connectivity index (χ4n) is 2.11. The molecule has 0 bridgehead atoms. The highest BCUT2D eigenvalue weighted by Crippen LogP contribution is 2.25. The molecule has 0 saturated heterocycles. The molecule has 0 heterocycles. The van der Waals surface area contributed by atoms with Gasteiger partial charge in [0.05, 0.1) is 10.0 Å². The Labute approximate surface area is 140 Å². The maximum Gasteiger partial charge on any atom is 0.226 e. The lowest BCUT2D eigenvalue weighted by atomic mass is 10.1. The number of halogens is 2. The van der Waals surface area contributed by atoms with Gasteiger partial charge in [0.2, 0.25) is 5.91 Å². The van der Waals surface area contributed by atoms with Crippen LogP contribution in [0.4, 0.5) is 11.4 Å². The zero-order chi connectivity index (χ0) is 15.9. The fourth-order valence-corrected chi connectivity index (χ4v) is 2.41. The van der Waals surface area contributed by atoms with Gasteiger partial charge in [-0.15, -0.1) is 0 Å². The van der Waals surface area contributed by atoms with E-state index >= 15 is 0 Å². The number of hydrogen-bond acceptors (Lipinski definition) is 2. The lowest BCUT2D eigenvalue weighted by Crippen LogP contribution is -2.16. The SMILES string of the molecule is CCc1ccccc1NCCC(=O)Nc1ccc(Cl)c(Cl)c1. The van der Waals surface area contributed by atoms with Crippen LogP contribution in [-0.2, 0) is 11.2 Å². The molecule has 2 N–H and O–H groups in total. The first-order valence-electron chi connectivity index (χ1n) is 7.17. The van der Waals surface area contributed by atoms with Crippen molar-refractivity contribution in [3.8, 4) is 0 Å². The van der Waals surface area contributed by atoms with E-state index in [1.54, 1.807) is 18.2 Å². The van der Waals surface area contributed by atoms with Gasteiger partial charge in [0, 0.05) is 24.3 Å². The van der Waals surface area contributed by atoms with Crippen molar-refractivity contribution >= 4 is 40.5 Å². The molecule has 5 heteroatoms. The molecule has 0 atom stereocenters. The molecule has 3 nitrogen and oxygen atoms in total. The van der Waals surface area contributed by atoms with Crippen molar-refractivity contribution in [2.45, 2.75) is 19.8 Å². The van der Waals surface area contributed by atoms with E-state index in [-0.39, 0.29) is 5.91 Å². The van der Waals surface area contributed by atoms with Crippen LogP contribution in [0.25, 0.3) is 0 Å². The standard InChI is InChI=1S/C17H18Cl2N2O/c1-2-12-5-3-4-6-16(12)20-10-9-17(22)21-13-7-8-14(18)15(19)11-13/h3-8,11,20H,2,9-10H2,1H3,(H,21,22). The molecule has 0 saturated carbocycles. The maximum atomic E-state index is 11.9. The van der Waals surface area contributed by atoms with E-state index in [2.05, 4.69) is 23.6 Å². The number of rotatable bonds is 6. The summed E-state index contributed by atoms with van der Waals surface area (Å²) < 4.78 is 0. The van der Waals surface area contributed by atoms with Gasteiger partial charge in [-0.25, -0.2) is 0 Å². The summed E-state index contributed by atoms with van der Waals surface area (Å²) in [7, 11) is 0. The molecule has 0 radical (unpaired) electrons. The van der Waals surface area contributed by atoms with E-state index in [4.69, 9.17) is 23.2 Å². The monoisotopic (exact) mass is 336 g/mol. The number of para-hydroxylation sites is 1. The van der Waals surface area contributed by atoms with Crippen LogP contribution in [0.5, 0.6) is 0 Å². The molecule has 0 aliphatic carbocycles. The summed E-state index contributed by atoms with van der Waals surface area (Å²) in [6, 6.07) is 13.1. The molecule has 2 aromatic rings. The molecular weight excluding hydrogens is 319 g/mol. The summed E-state index contributed by atoms with van der Waals surface area (Å²) in [4.78, 5) is 11.9. The third kappa shape index (κ3) is 4.65. The first kappa shape index (κ1) is 16.7. The third-order valence-corrected chi connectivity index (χ3v) is 4.01. The van der Waals surface area contributed by atoms with E-state index < -0.39 is 0 Å². The van der Waals surface area contributed by atoms with E-state index in [1.165, 1.54) is 5.56 Å². The third-order valence-electron chi connectivity index (χ3n) is 3.27. The predicted octanol–water partition coefficient (Wildman–Crippen LogP) is 5.00. The average Bonchev–Trinajstić information content (AvgIpc) is 2.51. The van der Waals surface area contributed by atoms with Crippen molar-refractivity contribution in [2.24, 2.45) is 0 Å². The summed E-state index contributed by atoms with van der Waals surface area (Å²) in [5, 5.41) is 6.99. The van der Waals surface area contributed by atoms with Crippen molar-refractivity contribution in [3.05, 3.63) is 58.1 Å². The van der Waals surface area contributed by atoms with E-state index in [9.17, 15) is 4.79 Å². The Morgan fingerprint density at radius 3 is 2.59 bits per heavy atom. The normalized spacial score (nSPS) is 10.3. The van der Waals surface area contributed by atoms with Crippen molar-refractivity contribution in [1.29, 1.82) is 0 Å². The number of anilines is 2. The Morgan fingerprint density at radius 1 is 1.09 bits per heavy atom.